The maximum Gasteiger partial charge on any atom is 0.0951 e. The van der Waals surface area contributed by atoms with Crippen LogP contribution in [0.3, 0.4) is 0 Å². The van der Waals surface area contributed by atoms with Gasteiger partial charge in [-0.25, -0.2) is 4.98 Å². The second-order valence-electron chi connectivity index (χ2n) is 5.99. The number of aromatic nitrogens is 2. The molecule has 0 spiro atoms. The minimum absolute atomic E-state index is 0.487. The second-order valence-corrected chi connectivity index (χ2v) is 5.99. The Labute approximate surface area is 112 Å². The van der Waals surface area contributed by atoms with E-state index < -0.39 is 0 Å². The van der Waals surface area contributed by atoms with Crippen molar-refractivity contribution in [3.05, 3.63) is 18.2 Å². The number of nitrogens with zero attached hydrogens (tertiary/aromatic N) is 2. The summed E-state index contributed by atoms with van der Waals surface area (Å²) in [5.41, 5.74) is 1.28. The summed E-state index contributed by atoms with van der Waals surface area (Å²) in [6.45, 7) is 12.2. The number of imidazole rings is 1. The topological polar surface area (TPSA) is 29.9 Å². The molecule has 104 valence electrons. The lowest BCUT2D eigenvalue weighted by atomic mass is 10.0. The molecular formula is C15H29N3. The third-order valence-electron chi connectivity index (χ3n) is 3.35. The van der Waals surface area contributed by atoms with Crippen LogP contribution in [0.15, 0.2) is 12.5 Å². The van der Waals surface area contributed by atoms with Crippen molar-refractivity contribution in [2.45, 2.75) is 72.5 Å². The summed E-state index contributed by atoms with van der Waals surface area (Å²) in [5, 5.41) is 3.59. The molecule has 0 aliphatic heterocycles. The summed E-state index contributed by atoms with van der Waals surface area (Å²) in [4.78, 5) is 4.23. The van der Waals surface area contributed by atoms with Gasteiger partial charge in [-0.05, 0) is 33.1 Å². The highest BCUT2D eigenvalue weighted by atomic mass is 15.1. The summed E-state index contributed by atoms with van der Waals surface area (Å²) in [6.07, 6.45) is 7.79. The summed E-state index contributed by atoms with van der Waals surface area (Å²) >= 11 is 0. The van der Waals surface area contributed by atoms with Gasteiger partial charge in [0.2, 0.25) is 0 Å². The number of rotatable bonds is 8. The molecule has 0 aliphatic carbocycles. The summed E-state index contributed by atoms with van der Waals surface area (Å²) < 4.78 is 2.23. The Morgan fingerprint density at radius 3 is 2.50 bits per heavy atom. The number of nitrogens with one attached hydrogen (secondary N) is 1. The fourth-order valence-corrected chi connectivity index (χ4v) is 2.15. The van der Waals surface area contributed by atoms with Crippen molar-refractivity contribution in [3.63, 3.8) is 0 Å². The molecule has 1 aromatic heterocycles. The van der Waals surface area contributed by atoms with Crippen LogP contribution in [-0.2, 0) is 6.54 Å². The highest BCUT2D eigenvalue weighted by molar-refractivity contribution is 4.99. The van der Waals surface area contributed by atoms with Gasteiger partial charge in [0.15, 0.2) is 0 Å². The number of hydrogen-bond acceptors (Lipinski definition) is 2. The predicted molar refractivity (Wildman–Crippen MR) is 77.6 cm³/mol. The van der Waals surface area contributed by atoms with Gasteiger partial charge in [-0.2, -0.15) is 0 Å². The maximum absolute atomic E-state index is 4.23. The Bertz CT molecular complexity index is 328. The van der Waals surface area contributed by atoms with Crippen LogP contribution < -0.4 is 5.32 Å². The van der Waals surface area contributed by atoms with Crippen molar-refractivity contribution in [1.29, 1.82) is 0 Å². The lowest BCUT2D eigenvalue weighted by Crippen LogP contribution is -2.26. The molecule has 3 heteroatoms. The van der Waals surface area contributed by atoms with E-state index in [-0.39, 0.29) is 0 Å². The van der Waals surface area contributed by atoms with Crippen LogP contribution in [0.2, 0.25) is 0 Å². The van der Waals surface area contributed by atoms with E-state index in [2.05, 4.69) is 49.5 Å². The maximum atomic E-state index is 4.23. The van der Waals surface area contributed by atoms with E-state index in [1.807, 2.05) is 12.5 Å². The molecule has 1 unspecified atom stereocenters. The van der Waals surface area contributed by atoms with Gasteiger partial charge in [0.1, 0.15) is 0 Å². The lowest BCUT2D eigenvalue weighted by Gasteiger charge is -2.16. The van der Waals surface area contributed by atoms with Crippen molar-refractivity contribution in [2.24, 2.45) is 5.92 Å². The van der Waals surface area contributed by atoms with E-state index in [0.29, 0.717) is 12.1 Å². The zero-order valence-corrected chi connectivity index (χ0v) is 12.6. The van der Waals surface area contributed by atoms with E-state index in [9.17, 15) is 0 Å². The molecule has 0 bridgehead atoms. The molecule has 0 saturated heterocycles. The molecule has 0 aliphatic rings. The minimum Gasteiger partial charge on any atom is -0.331 e. The molecule has 0 fully saturated rings. The average Bonchev–Trinajstić information content (AvgIpc) is 2.74. The normalized spacial score (nSPS) is 13.5. The Balaban J connectivity index is 2.29. The van der Waals surface area contributed by atoms with Crippen LogP contribution in [0.1, 0.15) is 65.6 Å². The Morgan fingerprint density at radius 1 is 1.17 bits per heavy atom. The van der Waals surface area contributed by atoms with Crippen LogP contribution in [0.5, 0.6) is 0 Å². The Morgan fingerprint density at radius 2 is 1.89 bits per heavy atom. The first-order chi connectivity index (χ1) is 8.50. The molecule has 1 heterocycles. The molecule has 0 aromatic carbocycles. The third-order valence-corrected chi connectivity index (χ3v) is 3.35. The van der Waals surface area contributed by atoms with Crippen molar-refractivity contribution in [1.82, 2.24) is 14.9 Å². The first-order valence-corrected chi connectivity index (χ1v) is 7.24. The summed E-state index contributed by atoms with van der Waals surface area (Å²) in [7, 11) is 0. The van der Waals surface area contributed by atoms with Gasteiger partial charge in [0.05, 0.1) is 12.0 Å². The highest BCUT2D eigenvalue weighted by Gasteiger charge is 2.07. The van der Waals surface area contributed by atoms with E-state index >= 15 is 0 Å². The van der Waals surface area contributed by atoms with E-state index in [0.717, 1.165) is 12.5 Å². The van der Waals surface area contributed by atoms with Gasteiger partial charge < -0.3 is 9.88 Å². The first-order valence-electron chi connectivity index (χ1n) is 7.24. The SMILES string of the molecule is CC(C)CCCC(C)NCc1cncn1C(C)C. The molecule has 1 atom stereocenters. The first kappa shape index (κ1) is 15.2. The molecule has 3 nitrogen and oxygen atoms in total. The van der Waals surface area contributed by atoms with Gasteiger partial charge in [-0.15, -0.1) is 0 Å². The van der Waals surface area contributed by atoms with Gasteiger partial charge in [-0.3, -0.25) is 0 Å². The standard InChI is InChI=1S/C15H29N3/c1-12(2)7-6-8-14(5)17-10-15-9-16-11-18(15)13(3)4/h9,11-14,17H,6-8,10H2,1-5H3. The molecule has 1 rings (SSSR count). The van der Waals surface area contributed by atoms with Gasteiger partial charge in [0, 0.05) is 24.8 Å². The minimum atomic E-state index is 0.487. The van der Waals surface area contributed by atoms with E-state index in [1.165, 1.54) is 25.0 Å². The van der Waals surface area contributed by atoms with Crippen LogP contribution in [-0.4, -0.2) is 15.6 Å². The second kappa shape index (κ2) is 7.57. The third kappa shape index (κ3) is 5.21. The van der Waals surface area contributed by atoms with Crippen LogP contribution in [0.4, 0.5) is 0 Å². The predicted octanol–water partition coefficient (Wildman–Crippen LogP) is 3.77. The molecule has 1 aromatic rings. The van der Waals surface area contributed by atoms with Gasteiger partial charge >= 0.3 is 0 Å². The average molecular weight is 251 g/mol. The molecule has 0 amide bonds. The molecule has 18 heavy (non-hydrogen) atoms. The smallest absolute Gasteiger partial charge is 0.0951 e. The van der Waals surface area contributed by atoms with Crippen molar-refractivity contribution >= 4 is 0 Å². The molecule has 0 saturated carbocycles. The lowest BCUT2D eigenvalue weighted by molar-refractivity contribution is 0.447. The summed E-state index contributed by atoms with van der Waals surface area (Å²) in [6, 6.07) is 1.07. The van der Waals surface area contributed by atoms with Crippen LogP contribution >= 0.6 is 0 Å². The Hall–Kier alpha value is -0.830. The fraction of sp³-hybridized carbons (Fsp3) is 0.800. The van der Waals surface area contributed by atoms with Crippen molar-refractivity contribution in [3.8, 4) is 0 Å². The highest BCUT2D eigenvalue weighted by Crippen LogP contribution is 2.11. The molecule has 0 radical (unpaired) electrons. The van der Waals surface area contributed by atoms with Gasteiger partial charge in [0.25, 0.3) is 0 Å². The largest absolute Gasteiger partial charge is 0.331 e. The monoisotopic (exact) mass is 251 g/mol. The zero-order chi connectivity index (χ0) is 13.5. The van der Waals surface area contributed by atoms with Crippen LogP contribution in [0.25, 0.3) is 0 Å². The van der Waals surface area contributed by atoms with Crippen molar-refractivity contribution < 1.29 is 0 Å². The van der Waals surface area contributed by atoms with E-state index in [4.69, 9.17) is 0 Å². The molecular weight excluding hydrogens is 222 g/mol. The Kier molecular flexibility index (Phi) is 6.41. The zero-order valence-electron chi connectivity index (χ0n) is 12.6. The molecule has 1 N–H and O–H groups in total. The fourth-order valence-electron chi connectivity index (χ4n) is 2.15. The van der Waals surface area contributed by atoms with E-state index in [1.54, 1.807) is 0 Å². The quantitative estimate of drug-likeness (QED) is 0.762. The van der Waals surface area contributed by atoms with Crippen LogP contribution in [0, 0.1) is 5.92 Å². The summed E-state index contributed by atoms with van der Waals surface area (Å²) in [5.74, 6) is 0.819. The van der Waals surface area contributed by atoms with Gasteiger partial charge in [-0.1, -0.05) is 26.7 Å². The number of hydrogen-bond donors (Lipinski definition) is 1. The van der Waals surface area contributed by atoms with Crippen molar-refractivity contribution in [2.75, 3.05) is 0 Å².